The molecule has 4 heteroatoms. The fraction of sp³-hybridized carbons (Fsp3) is 0.286. The van der Waals surface area contributed by atoms with Crippen LogP contribution in [0.2, 0.25) is 0 Å². The third-order valence-corrected chi connectivity index (χ3v) is 3.87. The molecule has 0 bridgehead atoms. The molecular weight excluding hydrogens is 244 g/mol. The second kappa shape index (κ2) is 5.08. The number of fused-ring (bicyclic) bond motifs is 1. The number of aromatic nitrogens is 1. The summed E-state index contributed by atoms with van der Waals surface area (Å²) in [6, 6.07) is 7.89. The predicted octanol–water partition coefficient (Wildman–Crippen LogP) is 3.12. The first kappa shape index (κ1) is 13.1. The predicted molar refractivity (Wildman–Crippen MR) is 77.2 cm³/mol. The molecule has 1 atom stereocenters. The fourth-order valence-corrected chi connectivity index (χ4v) is 2.04. The first-order chi connectivity index (χ1) is 8.48. The van der Waals surface area contributed by atoms with Crippen molar-refractivity contribution in [2.24, 2.45) is 4.40 Å². The molecule has 94 valence electrons. The Morgan fingerprint density at radius 1 is 1.28 bits per heavy atom. The summed E-state index contributed by atoms with van der Waals surface area (Å²) >= 11 is -1.23. The third kappa shape index (κ3) is 2.89. The Bertz CT molecular complexity index is 570. The molecule has 0 amide bonds. The maximum atomic E-state index is 11.9. The molecule has 0 aliphatic rings. The van der Waals surface area contributed by atoms with E-state index >= 15 is 0 Å². The Balaban J connectivity index is 2.35. The summed E-state index contributed by atoms with van der Waals surface area (Å²) in [6.45, 7) is 5.72. The molecule has 0 saturated carbocycles. The van der Waals surface area contributed by atoms with Crippen LogP contribution in [-0.2, 0) is 11.4 Å². The van der Waals surface area contributed by atoms with E-state index in [4.69, 9.17) is 0 Å². The lowest BCUT2D eigenvalue weighted by atomic mass is 10.1. The van der Waals surface area contributed by atoms with Gasteiger partial charge in [0, 0.05) is 23.3 Å². The van der Waals surface area contributed by atoms with Crippen molar-refractivity contribution in [2.75, 3.05) is 0 Å². The molecule has 0 aliphatic carbocycles. The van der Waals surface area contributed by atoms with E-state index in [1.165, 1.54) is 0 Å². The van der Waals surface area contributed by atoms with Crippen LogP contribution in [0.5, 0.6) is 0 Å². The molecule has 0 spiro atoms. The standard InChI is InChI=1S/C14H16N2OS/c1-14(2,3)18(17)16-9-12-6-4-5-11-7-8-15-10-13(11)12/h4-10H,1-3H3/t18-/m1/s1. The van der Waals surface area contributed by atoms with Gasteiger partial charge in [0.25, 0.3) is 0 Å². The molecule has 18 heavy (non-hydrogen) atoms. The maximum Gasteiger partial charge on any atom is 0.144 e. The third-order valence-electron chi connectivity index (χ3n) is 2.53. The lowest BCUT2D eigenvalue weighted by Gasteiger charge is -2.17. The summed E-state index contributed by atoms with van der Waals surface area (Å²) in [5.41, 5.74) is 0.943. The monoisotopic (exact) mass is 260 g/mol. The van der Waals surface area contributed by atoms with E-state index in [1.807, 2.05) is 45.0 Å². The molecule has 0 N–H and O–H groups in total. The topological polar surface area (TPSA) is 48.3 Å². The van der Waals surface area contributed by atoms with Crippen molar-refractivity contribution in [3.05, 3.63) is 42.2 Å². The molecule has 3 nitrogen and oxygen atoms in total. The van der Waals surface area contributed by atoms with Crippen LogP contribution in [0.1, 0.15) is 26.3 Å². The van der Waals surface area contributed by atoms with E-state index in [9.17, 15) is 4.55 Å². The Hall–Kier alpha value is -1.39. The highest BCUT2D eigenvalue weighted by Gasteiger charge is 2.25. The molecule has 0 unspecified atom stereocenters. The highest BCUT2D eigenvalue weighted by Crippen LogP contribution is 2.19. The summed E-state index contributed by atoms with van der Waals surface area (Å²) in [7, 11) is 0. The van der Waals surface area contributed by atoms with Crippen molar-refractivity contribution >= 4 is 28.3 Å². The average molecular weight is 260 g/mol. The Labute approximate surface area is 110 Å². The molecule has 0 saturated heterocycles. The van der Waals surface area contributed by atoms with Crippen LogP contribution >= 0.6 is 0 Å². The van der Waals surface area contributed by atoms with Crippen molar-refractivity contribution in [2.45, 2.75) is 25.5 Å². The normalized spacial score (nSPS) is 14.2. The van der Waals surface area contributed by atoms with Gasteiger partial charge in [0.1, 0.15) is 16.1 Å². The van der Waals surface area contributed by atoms with E-state index < -0.39 is 11.4 Å². The van der Waals surface area contributed by atoms with Crippen molar-refractivity contribution in [3.63, 3.8) is 0 Å². The largest absolute Gasteiger partial charge is 0.591 e. The lowest BCUT2D eigenvalue weighted by molar-refractivity contribution is 0.562. The fourth-order valence-electron chi connectivity index (χ4n) is 1.51. The van der Waals surface area contributed by atoms with E-state index in [0.29, 0.717) is 0 Å². The van der Waals surface area contributed by atoms with Crippen molar-refractivity contribution in [1.29, 1.82) is 0 Å². The highest BCUT2D eigenvalue weighted by atomic mass is 32.2. The van der Waals surface area contributed by atoms with Gasteiger partial charge in [-0.25, -0.2) is 0 Å². The number of pyridine rings is 1. The van der Waals surface area contributed by atoms with E-state index in [1.54, 1.807) is 18.6 Å². The number of hydrogen-bond donors (Lipinski definition) is 0. The van der Waals surface area contributed by atoms with E-state index in [0.717, 1.165) is 16.3 Å². The lowest BCUT2D eigenvalue weighted by Crippen LogP contribution is -2.25. The minimum Gasteiger partial charge on any atom is -0.591 e. The smallest absolute Gasteiger partial charge is 0.144 e. The second-order valence-corrected chi connectivity index (χ2v) is 6.97. The van der Waals surface area contributed by atoms with Gasteiger partial charge in [-0.3, -0.25) is 4.98 Å². The average Bonchev–Trinajstić information content (AvgIpc) is 2.34. The molecular formula is C14H16N2OS. The van der Waals surface area contributed by atoms with Gasteiger partial charge in [-0.2, -0.15) is 0 Å². The van der Waals surface area contributed by atoms with Crippen LogP contribution in [0.4, 0.5) is 0 Å². The van der Waals surface area contributed by atoms with Crippen LogP contribution in [0.3, 0.4) is 0 Å². The molecule has 0 radical (unpaired) electrons. The minimum absolute atomic E-state index is 0.334. The zero-order chi connectivity index (χ0) is 13.2. The second-order valence-electron chi connectivity index (χ2n) is 5.04. The maximum absolute atomic E-state index is 11.9. The van der Waals surface area contributed by atoms with Crippen molar-refractivity contribution in [3.8, 4) is 0 Å². The first-order valence-corrected chi connectivity index (χ1v) is 6.88. The summed E-state index contributed by atoms with van der Waals surface area (Å²) in [6.07, 6.45) is 5.23. The van der Waals surface area contributed by atoms with Crippen LogP contribution in [0.25, 0.3) is 10.8 Å². The van der Waals surface area contributed by atoms with Gasteiger partial charge in [0.05, 0.1) is 6.21 Å². The Morgan fingerprint density at radius 3 is 2.78 bits per heavy atom. The zero-order valence-corrected chi connectivity index (χ0v) is 11.6. The summed E-state index contributed by atoms with van der Waals surface area (Å²) < 4.78 is 15.7. The Morgan fingerprint density at radius 2 is 2.06 bits per heavy atom. The number of nitrogens with zero attached hydrogens (tertiary/aromatic N) is 2. The van der Waals surface area contributed by atoms with Crippen molar-refractivity contribution < 1.29 is 4.55 Å². The summed E-state index contributed by atoms with van der Waals surface area (Å²) in [5, 5.41) is 2.13. The number of hydrogen-bond acceptors (Lipinski definition) is 3. The molecule has 0 fully saturated rings. The van der Waals surface area contributed by atoms with Crippen LogP contribution in [-0.4, -0.2) is 20.5 Å². The highest BCUT2D eigenvalue weighted by molar-refractivity contribution is 7.91. The molecule has 0 aliphatic heterocycles. The van der Waals surface area contributed by atoms with Gasteiger partial charge in [-0.15, -0.1) is 0 Å². The van der Waals surface area contributed by atoms with Gasteiger partial charge >= 0.3 is 0 Å². The van der Waals surface area contributed by atoms with Gasteiger partial charge in [0.15, 0.2) is 0 Å². The molecule has 1 aromatic heterocycles. The van der Waals surface area contributed by atoms with Gasteiger partial charge < -0.3 is 4.55 Å². The van der Waals surface area contributed by atoms with Gasteiger partial charge in [-0.1, -0.05) is 22.6 Å². The molecule has 2 aromatic rings. The van der Waals surface area contributed by atoms with Crippen molar-refractivity contribution in [1.82, 2.24) is 4.98 Å². The molecule has 1 aromatic carbocycles. The number of benzene rings is 1. The quantitative estimate of drug-likeness (QED) is 0.615. The Kier molecular flexibility index (Phi) is 3.68. The SMILES string of the molecule is CC(C)(C)[S@@+]([O-])N=Cc1cccc2ccncc12. The van der Waals surface area contributed by atoms with Gasteiger partial charge in [0.2, 0.25) is 0 Å². The summed E-state index contributed by atoms with van der Waals surface area (Å²) in [5.74, 6) is 0. The van der Waals surface area contributed by atoms with E-state index in [-0.39, 0.29) is 4.75 Å². The van der Waals surface area contributed by atoms with Gasteiger partial charge in [-0.05, 0) is 32.2 Å². The van der Waals surface area contributed by atoms with Crippen LogP contribution < -0.4 is 0 Å². The molecule has 2 rings (SSSR count). The zero-order valence-electron chi connectivity index (χ0n) is 10.8. The van der Waals surface area contributed by atoms with Crippen LogP contribution in [0, 0.1) is 0 Å². The minimum atomic E-state index is -1.23. The number of rotatable bonds is 2. The van der Waals surface area contributed by atoms with Crippen LogP contribution in [0.15, 0.2) is 41.1 Å². The van der Waals surface area contributed by atoms with E-state index in [2.05, 4.69) is 9.38 Å². The summed E-state index contributed by atoms with van der Waals surface area (Å²) in [4.78, 5) is 4.11. The molecule has 1 heterocycles. The first-order valence-electron chi connectivity index (χ1n) is 5.77.